The Kier molecular flexibility index (Phi) is 8.66. The van der Waals surface area contributed by atoms with Gasteiger partial charge in [-0.2, -0.15) is 13.2 Å². The second kappa shape index (κ2) is 12.0. The first-order valence-electron chi connectivity index (χ1n) is 18.7. The largest absolute Gasteiger partial charge is 0.443 e. The third-order valence-corrected chi connectivity index (χ3v) is 15.2. The first-order valence-corrected chi connectivity index (χ1v) is 18.7. The number of nitrogens with zero attached hydrogens (tertiary/aromatic N) is 1. The zero-order valence-electron chi connectivity index (χ0n) is 29.9. The summed E-state index contributed by atoms with van der Waals surface area (Å²) in [5, 5.41) is 17.8. The molecule has 2 amide bonds. The van der Waals surface area contributed by atoms with E-state index in [9.17, 15) is 27.9 Å². The quantitative estimate of drug-likeness (QED) is 0.284. The fraction of sp³-hybridized carbons (Fsp3) is 0.892. The zero-order valence-corrected chi connectivity index (χ0v) is 29.9. The minimum atomic E-state index is -4.25. The lowest BCUT2D eigenvalue weighted by Crippen LogP contribution is -2.61. The average Bonchev–Trinajstić information content (AvgIpc) is 3.66. The standard InChI is InChI=1S/C37H56F3N3O6/c1-7-22-23-9-11-27-34(5)30(44)29-24(8-10-26(47-29)28(20(2)3)49-31(45)41-6)33(34,4)14-15-36(27)18-35(23,36)13-12-25(22)48-32(46)42-21-16-43(17-21)19-37(38,39)40/h7,20-21,23-30,44H,8-19H2,1-6H3,(H,41,45)(H,42,46)/b22-7-/t23-,24-,25?,26?,27?,28?,29?,30-,33?,34+,35?,36?/m0/s1. The van der Waals surface area contributed by atoms with Gasteiger partial charge in [-0.1, -0.05) is 33.8 Å². The molecule has 12 heteroatoms. The van der Waals surface area contributed by atoms with E-state index in [0.717, 1.165) is 57.8 Å². The molecular formula is C37H56F3N3O6. The number of aliphatic hydroxyl groups is 1. The van der Waals surface area contributed by atoms with Crippen LogP contribution < -0.4 is 10.6 Å². The molecule has 12 atom stereocenters. The van der Waals surface area contributed by atoms with Gasteiger partial charge in [-0.05, 0) is 110 Å². The van der Waals surface area contributed by atoms with E-state index in [4.69, 9.17) is 14.2 Å². The molecule has 0 bridgehead atoms. The van der Waals surface area contributed by atoms with Crippen molar-refractivity contribution >= 4 is 12.2 Å². The molecule has 7 rings (SSSR count). The van der Waals surface area contributed by atoms with Gasteiger partial charge in [-0.3, -0.25) is 4.90 Å². The number of hydrogen-bond acceptors (Lipinski definition) is 7. The number of carbonyl (C=O) groups is 2. The number of rotatable bonds is 6. The number of nitrogens with one attached hydrogen (secondary N) is 2. The second-order valence-corrected chi connectivity index (χ2v) is 17.4. The Balaban J connectivity index is 1.04. The van der Waals surface area contributed by atoms with Gasteiger partial charge in [0.2, 0.25) is 0 Å². The number of aliphatic hydroxyl groups excluding tert-OH is 1. The summed E-state index contributed by atoms with van der Waals surface area (Å²) in [5.74, 6) is 0.993. The number of allylic oxidation sites excluding steroid dienone is 1. The van der Waals surface area contributed by atoms with Crippen molar-refractivity contribution in [2.75, 3.05) is 26.7 Å². The summed E-state index contributed by atoms with van der Waals surface area (Å²) >= 11 is 0. The number of carbonyl (C=O) groups excluding carboxylic acids is 2. The monoisotopic (exact) mass is 695 g/mol. The number of fused-ring (bicyclic) bond motifs is 4. The van der Waals surface area contributed by atoms with Crippen LogP contribution in [0.5, 0.6) is 0 Å². The van der Waals surface area contributed by atoms with E-state index < -0.39 is 31.0 Å². The number of ether oxygens (including phenoxy) is 3. The molecule has 0 radical (unpaired) electrons. The Morgan fingerprint density at radius 2 is 1.80 bits per heavy atom. The van der Waals surface area contributed by atoms with Gasteiger partial charge in [0.25, 0.3) is 0 Å². The molecule has 7 aliphatic rings. The third-order valence-electron chi connectivity index (χ3n) is 15.2. The summed E-state index contributed by atoms with van der Waals surface area (Å²) in [6.07, 6.45) is 3.73. The number of hydrogen-bond donors (Lipinski definition) is 3. The van der Waals surface area contributed by atoms with E-state index in [2.05, 4.69) is 30.6 Å². The average molecular weight is 696 g/mol. The minimum Gasteiger partial charge on any atom is -0.443 e. The van der Waals surface area contributed by atoms with E-state index >= 15 is 0 Å². The summed E-state index contributed by atoms with van der Waals surface area (Å²) in [6, 6.07) is -0.335. The van der Waals surface area contributed by atoms with Gasteiger partial charge in [0.1, 0.15) is 12.2 Å². The van der Waals surface area contributed by atoms with Crippen molar-refractivity contribution in [3.63, 3.8) is 0 Å². The van der Waals surface area contributed by atoms with Crippen LogP contribution >= 0.6 is 0 Å². The van der Waals surface area contributed by atoms with Crippen LogP contribution in [0.15, 0.2) is 11.6 Å². The Bertz CT molecular complexity index is 1350. The smallest absolute Gasteiger partial charge is 0.408 e. The van der Waals surface area contributed by atoms with Crippen molar-refractivity contribution in [3.8, 4) is 0 Å². The predicted octanol–water partition coefficient (Wildman–Crippen LogP) is 6.20. The molecule has 276 valence electrons. The van der Waals surface area contributed by atoms with Crippen molar-refractivity contribution in [2.45, 2.75) is 135 Å². The SMILES string of the molecule is C/C=C1\C(OC(=O)NC2CN(CC(F)(F)F)C2)CCC23CC24CCC2(C)[C@H]5CCC(C(OC(=O)NC)C(C)C)OC5[C@H](O)[C@@]2(C)C4CC[C@@H]13. The maximum atomic E-state index is 12.9. The van der Waals surface area contributed by atoms with Crippen molar-refractivity contribution < 1.29 is 42.1 Å². The molecule has 2 heterocycles. The molecule has 9 nitrogen and oxygen atoms in total. The Labute approximate surface area is 288 Å². The molecule has 2 aliphatic heterocycles. The number of amides is 2. The highest BCUT2D eigenvalue weighted by atomic mass is 19.4. The Morgan fingerprint density at radius 3 is 2.45 bits per heavy atom. The van der Waals surface area contributed by atoms with Gasteiger partial charge in [-0.15, -0.1) is 0 Å². The lowest BCUT2D eigenvalue weighted by molar-refractivity contribution is -0.171. The molecule has 8 unspecified atom stereocenters. The maximum absolute atomic E-state index is 12.9. The minimum absolute atomic E-state index is 0.0669. The molecule has 0 aromatic carbocycles. The molecular weight excluding hydrogens is 639 g/mol. The molecule has 7 fully saturated rings. The topological polar surface area (TPSA) is 109 Å². The fourth-order valence-electron chi connectivity index (χ4n) is 12.9. The third kappa shape index (κ3) is 5.26. The molecule has 0 aromatic heterocycles. The first-order chi connectivity index (χ1) is 23.0. The summed E-state index contributed by atoms with van der Waals surface area (Å²) in [6.45, 7) is 10.2. The Morgan fingerprint density at radius 1 is 1.06 bits per heavy atom. The molecule has 5 aliphatic carbocycles. The number of alkyl carbamates (subject to hydrolysis) is 2. The lowest BCUT2D eigenvalue weighted by atomic mass is 9.43. The summed E-state index contributed by atoms with van der Waals surface area (Å²) in [7, 11) is 1.56. The Hall–Kier alpha value is -2.05. The highest BCUT2D eigenvalue weighted by Gasteiger charge is 2.83. The van der Waals surface area contributed by atoms with Crippen LogP contribution in [0.25, 0.3) is 0 Å². The maximum Gasteiger partial charge on any atom is 0.408 e. The van der Waals surface area contributed by atoms with Gasteiger partial charge in [0.15, 0.2) is 0 Å². The van der Waals surface area contributed by atoms with E-state index in [1.807, 2.05) is 20.8 Å². The fourth-order valence-corrected chi connectivity index (χ4v) is 12.9. The molecule has 2 saturated heterocycles. The molecule has 2 spiro atoms. The van der Waals surface area contributed by atoms with Gasteiger partial charge in [-0.25, -0.2) is 9.59 Å². The van der Waals surface area contributed by atoms with Crippen molar-refractivity contribution in [2.24, 2.45) is 45.3 Å². The van der Waals surface area contributed by atoms with E-state index in [-0.39, 0.29) is 77.0 Å². The molecule has 5 saturated carbocycles. The number of halogens is 3. The van der Waals surface area contributed by atoms with Crippen LogP contribution in [-0.4, -0.2) is 91.6 Å². The van der Waals surface area contributed by atoms with Gasteiger partial charge in [0.05, 0.1) is 30.9 Å². The summed E-state index contributed by atoms with van der Waals surface area (Å²) in [5.41, 5.74) is 1.07. The van der Waals surface area contributed by atoms with Crippen molar-refractivity contribution in [3.05, 3.63) is 11.6 Å². The molecule has 0 aromatic rings. The number of alkyl halides is 3. The molecule has 49 heavy (non-hydrogen) atoms. The van der Waals surface area contributed by atoms with Crippen LogP contribution in [0.3, 0.4) is 0 Å². The summed E-state index contributed by atoms with van der Waals surface area (Å²) in [4.78, 5) is 26.4. The second-order valence-electron chi connectivity index (χ2n) is 17.4. The van der Waals surface area contributed by atoms with Gasteiger partial charge in [0, 0.05) is 25.6 Å². The van der Waals surface area contributed by atoms with Crippen LogP contribution in [0.4, 0.5) is 22.8 Å². The lowest BCUT2D eigenvalue weighted by Gasteiger charge is -2.61. The van der Waals surface area contributed by atoms with Crippen LogP contribution in [0.1, 0.15) is 92.4 Å². The summed E-state index contributed by atoms with van der Waals surface area (Å²) < 4.78 is 56.7. The zero-order chi connectivity index (χ0) is 35.3. The van der Waals surface area contributed by atoms with E-state index in [1.165, 1.54) is 10.5 Å². The van der Waals surface area contributed by atoms with Crippen molar-refractivity contribution in [1.29, 1.82) is 0 Å². The van der Waals surface area contributed by atoms with Gasteiger partial charge < -0.3 is 30.0 Å². The molecule has 3 N–H and O–H groups in total. The highest BCUT2D eigenvalue weighted by Crippen LogP contribution is 2.88. The van der Waals surface area contributed by atoms with Crippen LogP contribution in [0, 0.1) is 45.3 Å². The van der Waals surface area contributed by atoms with E-state index in [0.29, 0.717) is 11.8 Å². The first kappa shape index (κ1) is 35.4. The predicted molar refractivity (Wildman–Crippen MR) is 175 cm³/mol. The van der Waals surface area contributed by atoms with Crippen molar-refractivity contribution in [1.82, 2.24) is 15.5 Å². The van der Waals surface area contributed by atoms with Gasteiger partial charge >= 0.3 is 18.4 Å². The highest BCUT2D eigenvalue weighted by molar-refractivity contribution is 5.68. The van der Waals surface area contributed by atoms with Crippen LogP contribution in [0.2, 0.25) is 0 Å². The van der Waals surface area contributed by atoms with Crippen LogP contribution in [-0.2, 0) is 14.2 Å². The van der Waals surface area contributed by atoms with E-state index in [1.54, 1.807) is 7.05 Å². The number of likely N-dealkylation sites (tertiary alicyclic amines) is 1. The normalized spacial score (nSPS) is 45.9.